The Morgan fingerprint density at radius 1 is 0.434 bits per heavy atom. The summed E-state index contributed by atoms with van der Waals surface area (Å²) in [6, 6.07) is 58.3. The van der Waals surface area contributed by atoms with Gasteiger partial charge in [-0.1, -0.05) is 147 Å². The molecule has 7 aromatic carbocycles. The topological polar surface area (TPSA) is 43.6 Å². The lowest BCUT2D eigenvalue weighted by atomic mass is 9.82. The minimum atomic E-state index is -0.123. The first-order chi connectivity index (χ1) is 25.9. The summed E-state index contributed by atoms with van der Waals surface area (Å²) in [6.07, 6.45) is 0. The van der Waals surface area contributed by atoms with Crippen molar-refractivity contribution < 1.29 is 0 Å². The minimum Gasteiger partial charge on any atom is -0.309 e. The highest BCUT2D eigenvalue weighted by Gasteiger charge is 2.35. The predicted octanol–water partition coefficient (Wildman–Crippen LogP) is 12.3. The average molecular weight is 681 g/mol. The summed E-state index contributed by atoms with van der Waals surface area (Å²) < 4.78 is 2.39. The Morgan fingerprint density at radius 3 is 1.77 bits per heavy atom. The van der Waals surface area contributed by atoms with Crippen molar-refractivity contribution in [2.24, 2.45) is 0 Å². The fourth-order valence-corrected chi connectivity index (χ4v) is 8.21. The monoisotopic (exact) mass is 680 g/mol. The van der Waals surface area contributed by atoms with Crippen molar-refractivity contribution in [1.82, 2.24) is 19.5 Å². The molecular formula is C49H36N4. The molecule has 252 valence electrons. The van der Waals surface area contributed by atoms with Crippen LogP contribution in [-0.2, 0) is 5.41 Å². The number of rotatable bonds is 5. The van der Waals surface area contributed by atoms with Gasteiger partial charge in [-0.3, -0.25) is 0 Å². The summed E-state index contributed by atoms with van der Waals surface area (Å²) in [7, 11) is 0. The standard InChI is InChI=1S/C49H36N4/c1-31-20-22-32(23-21-31)37-16-11-17-41-40-15-8-10-19-44(40)53(45(37)41)36-27-24-34(25-28-36)47-50-46(33-12-5-4-6-13-33)51-48(52-47)35-26-29-39-38-14-7-9-18-42(38)49(2,3)43(39)30-35/h4-30H,1-3H3. The molecule has 0 atom stereocenters. The van der Waals surface area contributed by atoms with Crippen molar-refractivity contribution in [2.45, 2.75) is 26.2 Å². The zero-order chi connectivity index (χ0) is 35.7. The molecule has 4 nitrogen and oxygen atoms in total. The van der Waals surface area contributed by atoms with Crippen molar-refractivity contribution in [3.05, 3.63) is 180 Å². The first kappa shape index (κ1) is 31.1. The zero-order valence-corrected chi connectivity index (χ0v) is 29.9. The van der Waals surface area contributed by atoms with Crippen molar-refractivity contribution in [3.8, 4) is 62.1 Å². The fourth-order valence-electron chi connectivity index (χ4n) is 8.21. The maximum Gasteiger partial charge on any atom is 0.164 e. The number of aromatic nitrogens is 4. The molecule has 0 fully saturated rings. The number of hydrogen-bond donors (Lipinski definition) is 0. The number of fused-ring (bicyclic) bond motifs is 6. The van der Waals surface area contributed by atoms with E-state index in [-0.39, 0.29) is 5.41 Å². The lowest BCUT2D eigenvalue weighted by Crippen LogP contribution is -2.15. The van der Waals surface area contributed by atoms with E-state index in [0.29, 0.717) is 17.5 Å². The first-order valence-electron chi connectivity index (χ1n) is 18.2. The third-order valence-electron chi connectivity index (χ3n) is 11.0. The quantitative estimate of drug-likeness (QED) is 0.182. The highest BCUT2D eigenvalue weighted by molar-refractivity contribution is 6.13. The summed E-state index contributed by atoms with van der Waals surface area (Å²) >= 11 is 0. The van der Waals surface area contributed by atoms with Crippen molar-refractivity contribution in [2.75, 3.05) is 0 Å². The molecule has 53 heavy (non-hydrogen) atoms. The van der Waals surface area contributed by atoms with Crippen LogP contribution in [0.25, 0.3) is 83.9 Å². The van der Waals surface area contributed by atoms with Crippen molar-refractivity contribution >= 4 is 21.8 Å². The molecule has 0 spiro atoms. The van der Waals surface area contributed by atoms with E-state index in [0.717, 1.165) is 22.4 Å². The van der Waals surface area contributed by atoms with Crippen LogP contribution in [0.4, 0.5) is 0 Å². The Balaban J connectivity index is 1.11. The summed E-state index contributed by atoms with van der Waals surface area (Å²) in [4.78, 5) is 15.3. The molecule has 0 saturated heterocycles. The lowest BCUT2D eigenvalue weighted by molar-refractivity contribution is 0.660. The van der Waals surface area contributed by atoms with E-state index in [1.807, 2.05) is 18.2 Å². The summed E-state index contributed by atoms with van der Waals surface area (Å²) in [5.74, 6) is 1.96. The van der Waals surface area contributed by atoms with Gasteiger partial charge in [0.1, 0.15) is 0 Å². The minimum absolute atomic E-state index is 0.123. The third kappa shape index (κ3) is 5.02. The molecule has 2 heterocycles. The number of aryl methyl sites for hydroxylation is 1. The van der Waals surface area contributed by atoms with Gasteiger partial charge in [-0.25, -0.2) is 15.0 Å². The normalized spacial score (nSPS) is 13.0. The molecule has 0 bridgehead atoms. The van der Waals surface area contributed by atoms with E-state index in [1.165, 1.54) is 60.8 Å². The number of nitrogens with zero attached hydrogens (tertiary/aromatic N) is 4. The molecule has 1 aliphatic rings. The van der Waals surface area contributed by atoms with Gasteiger partial charge in [0.2, 0.25) is 0 Å². The Kier molecular flexibility index (Phi) is 7.02. The number of para-hydroxylation sites is 2. The molecule has 0 N–H and O–H groups in total. The largest absolute Gasteiger partial charge is 0.309 e. The van der Waals surface area contributed by atoms with Crippen molar-refractivity contribution in [1.29, 1.82) is 0 Å². The molecule has 2 aromatic heterocycles. The summed E-state index contributed by atoms with van der Waals surface area (Å²) in [5.41, 5.74) is 15.1. The Labute approximate surface area is 309 Å². The maximum absolute atomic E-state index is 5.15. The van der Waals surface area contributed by atoms with Crippen LogP contribution in [-0.4, -0.2) is 19.5 Å². The van der Waals surface area contributed by atoms with Gasteiger partial charge >= 0.3 is 0 Å². The van der Waals surface area contributed by atoms with Gasteiger partial charge in [0.05, 0.1) is 11.0 Å². The number of benzene rings is 7. The van der Waals surface area contributed by atoms with Gasteiger partial charge < -0.3 is 4.57 Å². The summed E-state index contributed by atoms with van der Waals surface area (Å²) in [5, 5.41) is 2.47. The van der Waals surface area contributed by atoms with E-state index in [2.05, 4.69) is 171 Å². The molecule has 10 rings (SSSR count). The Bertz CT molecular complexity index is 2850. The average Bonchev–Trinajstić information content (AvgIpc) is 3.67. The van der Waals surface area contributed by atoms with E-state index in [4.69, 9.17) is 15.0 Å². The van der Waals surface area contributed by atoms with Crippen LogP contribution in [0.5, 0.6) is 0 Å². The molecule has 1 aliphatic carbocycles. The van der Waals surface area contributed by atoms with Crippen LogP contribution in [0.15, 0.2) is 164 Å². The maximum atomic E-state index is 5.15. The van der Waals surface area contributed by atoms with Crippen LogP contribution in [0.1, 0.15) is 30.5 Å². The van der Waals surface area contributed by atoms with Crippen LogP contribution in [0, 0.1) is 6.92 Å². The zero-order valence-electron chi connectivity index (χ0n) is 29.9. The Hall–Kier alpha value is -6.65. The SMILES string of the molecule is Cc1ccc(-c2cccc3c4ccccc4n(-c4ccc(-c5nc(-c6ccccc6)nc(-c6ccc7c(c6)C(C)(C)c6ccccc6-7)n5)cc4)c23)cc1. The van der Waals surface area contributed by atoms with Crippen molar-refractivity contribution in [3.63, 3.8) is 0 Å². The van der Waals surface area contributed by atoms with E-state index < -0.39 is 0 Å². The third-order valence-corrected chi connectivity index (χ3v) is 11.0. The van der Waals surface area contributed by atoms with Gasteiger partial charge in [0.25, 0.3) is 0 Å². The van der Waals surface area contributed by atoms with Crippen LogP contribution < -0.4 is 0 Å². The van der Waals surface area contributed by atoms with Gasteiger partial charge in [-0.2, -0.15) is 0 Å². The van der Waals surface area contributed by atoms with Crippen LogP contribution >= 0.6 is 0 Å². The highest BCUT2D eigenvalue weighted by atomic mass is 15.0. The summed E-state index contributed by atoms with van der Waals surface area (Å²) in [6.45, 7) is 6.74. The molecule has 0 saturated carbocycles. The molecule has 9 aromatic rings. The first-order valence-corrected chi connectivity index (χ1v) is 18.2. The molecule has 0 unspecified atom stereocenters. The Morgan fingerprint density at radius 2 is 1.00 bits per heavy atom. The van der Waals surface area contributed by atoms with Gasteiger partial charge in [-0.15, -0.1) is 0 Å². The second kappa shape index (κ2) is 12.0. The molecule has 4 heteroatoms. The predicted molar refractivity (Wildman–Crippen MR) is 218 cm³/mol. The van der Waals surface area contributed by atoms with E-state index in [9.17, 15) is 0 Å². The van der Waals surface area contributed by atoms with Crippen LogP contribution in [0.2, 0.25) is 0 Å². The van der Waals surface area contributed by atoms with Gasteiger partial charge in [-0.05, 0) is 71.1 Å². The molecule has 0 radical (unpaired) electrons. The number of hydrogen-bond acceptors (Lipinski definition) is 3. The lowest BCUT2D eigenvalue weighted by Gasteiger charge is -2.21. The molecule has 0 amide bonds. The van der Waals surface area contributed by atoms with E-state index in [1.54, 1.807) is 0 Å². The van der Waals surface area contributed by atoms with Crippen LogP contribution in [0.3, 0.4) is 0 Å². The molecular weight excluding hydrogens is 645 g/mol. The van der Waals surface area contributed by atoms with Gasteiger partial charge in [0, 0.05) is 44.1 Å². The smallest absolute Gasteiger partial charge is 0.164 e. The fraction of sp³-hybridized carbons (Fsp3) is 0.0816. The van der Waals surface area contributed by atoms with Gasteiger partial charge in [0.15, 0.2) is 17.5 Å². The highest BCUT2D eigenvalue weighted by Crippen LogP contribution is 2.49. The second-order valence-corrected chi connectivity index (χ2v) is 14.6. The van der Waals surface area contributed by atoms with E-state index >= 15 is 0 Å². The second-order valence-electron chi connectivity index (χ2n) is 14.6. The molecule has 0 aliphatic heterocycles.